The molecule has 0 fully saturated rings. The molecule has 0 aliphatic heterocycles. The van der Waals surface area contributed by atoms with E-state index >= 15 is 0 Å². The average molecular weight is 534 g/mol. The molecule has 24 heavy (non-hydrogen) atoms. The van der Waals surface area contributed by atoms with Gasteiger partial charge in [-0.2, -0.15) is 56.6 Å². The Hall–Kier alpha value is 0.0201. The zero-order valence-electron chi connectivity index (χ0n) is 16.9. The molecule has 0 atom stereocenters. The Kier molecular flexibility index (Phi) is 15.9. The van der Waals surface area contributed by atoms with E-state index in [1.807, 2.05) is 0 Å². The van der Waals surface area contributed by atoms with E-state index in [9.17, 15) is 0 Å². The van der Waals surface area contributed by atoms with Gasteiger partial charge in [-0.3, -0.25) is 0 Å². The van der Waals surface area contributed by atoms with Gasteiger partial charge in [0.05, 0.1) is 0 Å². The van der Waals surface area contributed by atoms with Crippen molar-refractivity contribution in [1.82, 2.24) is 0 Å². The quantitative estimate of drug-likeness (QED) is 0.331. The smallest absolute Gasteiger partial charge is 0.0630 e. The van der Waals surface area contributed by atoms with E-state index in [1.54, 1.807) is 3.26 Å². The second-order valence-corrected chi connectivity index (χ2v) is 10.1. The van der Waals surface area contributed by atoms with Crippen LogP contribution in [0.2, 0.25) is 0 Å². The van der Waals surface area contributed by atoms with E-state index in [1.165, 1.54) is 68.4 Å². The predicted molar refractivity (Wildman–Crippen MR) is 98.3 cm³/mol. The van der Waals surface area contributed by atoms with Gasteiger partial charge in [-0.25, -0.2) is 0 Å². The van der Waals surface area contributed by atoms with Gasteiger partial charge in [0.1, 0.15) is 0 Å². The van der Waals surface area contributed by atoms with Crippen LogP contribution in [0.4, 0.5) is 0 Å². The van der Waals surface area contributed by atoms with Gasteiger partial charge >= 0.3 is 41.0 Å². The molecule has 2 aromatic carbocycles. The van der Waals surface area contributed by atoms with Crippen LogP contribution in [-0.4, -0.2) is 3.26 Å². The standard InChI is InChI=1S/2C9H13.C3H6.2ClH.Hf/c2*1-6-5-7(2)9(4)8(6)3;1-3-2;;;/h2*5H,1-4H3;1-2H3;2*1H;/q2*-1;;;;+2/p-2. The summed E-state index contributed by atoms with van der Waals surface area (Å²) in [5.74, 6) is 0. The molecule has 0 saturated heterocycles. The second kappa shape index (κ2) is 13.3. The molecule has 2 rings (SSSR count). The van der Waals surface area contributed by atoms with Gasteiger partial charge in [-0.15, -0.1) is 0 Å². The third-order valence-electron chi connectivity index (χ3n) is 4.36. The topological polar surface area (TPSA) is 0 Å². The maximum Gasteiger partial charge on any atom is -0.0630 e. The van der Waals surface area contributed by atoms with Crippen molar-refractivity contribution in [3.8, 4) is 0 Å². The van der Waals surface area contributed by atoms with E-state index in [-0.39, 0.29) is 24.8 Å². The Balaban J connectivity index is -0.000000283. The summed E-state index contributed by atoms with van der Waals surface area (Å²) in [5, 5.41) is 0. The molecule has 0 unspecified atom stereocenters. The van der Waals surface area contributed by atoms with Gasteiger partial charge in [0.25, 0.3) is 0 Å². The van der Waals surface area contributed by atoms with Gasteiger partial charge in [0.2, 0.25) is 0 Å². The molecule has 136 valence electrons. The monoisotopic (exact) mass is 534 g/mol. The molecule has 2 aromatic rings. The van der Waals surface area contributed by atoms with Gasteiger partial charge in [0.15, 0.2) is 0 Å². The van der Waals surface area contributed by atoms with Crippen LogP contribution in [0, 0.1) is 55.4 Å². The van der Waals surface area contributed by atoms with Crippen LogP contribution in [-0.2, 0) is 23.9 Å². The Morgan fingerprint density at radius 3 is 0.958 bits per heavy atom. The molecule has 0 heterocycles. The van der Waals surface area contributed by atoms with E-state index < -0.39 is 0 Å². The van der Waals surface area contributed by atoms with E-state index in [2.05, 4.69) is 81.4 Å². The summed E-state index contributed by atoms with van der Waals surface area (Å²) in [6.07, 6.45) is 0. The van der Waals surface area contributed by atoms with Crippen molar-refractivity contribution in [2.45, 2.75) is 69.2 Å². The minimum Gasteiger partial charge on any atom is -1.00 e. The molecule has 3 heteroatoms. The van der Waals surface area contributed by atoms with Gasteiger partial charge in [-0.1, -0.05) is 55.4 Å². The largest absolute Gasteiger partial charge is 1.00 e. The first-order valence-corrected chi connectivity index (χ1v) is 9.70. The minimum atomic E-state index is 0. The first-order chi connectivity index (χ1) is 9.98. The summed E-state index contributed by atoms with van der Waals surface area (Å²) in [7, 11) is 0. The number of halogens is 2. The number of hydrogen-bond acceptors (Lipinski definition) is 0. The first kappa shape index (κ1) is 28.8. The third-order valence-corrected chi connectivity index (χ3v) is 4.36. The zero-order valence-corrected chi connectivity index (χ0v) is 22.0. The van der Waals surface area contributed by atoms with Crippen molar-refractivity contribution in [1.29, 1.82) is 0 Å². The summed E-state index contributed by atoms with van der Waals surface area (Å²) in [4.78, 5) is 0. The van der Waals surface area contributed by atoms with Gasteiger partial charge in [-0.05, 0) is 0 Å². The first-order valence-electron chi connectivity index (χ1n) is 7.90. The van der Waals surface area contributed by atoms with E-state index in [0.29, 0.717) is 0 Å². The van der Waals surface area contributed by atoms with E-state index in [0.717, 1.165) is 0 Å². The summed E-state index contributed by atoms with van der Waals surface area (Å²) < 4.78 is 1.56. The van der Waals surface area contributed by atoms with Crippen molar-refractivity contribution in [2.24, 2.45) is 0 Å². The van der Waals surface area contributed by atoms with Gasteiger partial charge < -0.3 is 24.8 Å². The second-order valence-electron chi connectivity index (χ2n) is 6.52. The SMILES string of the molecule is C[C](C)=[Hf+2].Cc1c[c-](C)c(C)c1C.Cc1c[c-](C)c(C)c1C.[Cl-].[Cl-]. The van der Waals surface area contributed by atoms with Crippen LogP contribution < -0.4 is 24.8 Å². The molecule has 0 nitrogen and oxygen atoms in total. The number of rotatable bonds is 0. The van der Waals surface area contributed by atoms with Crippen molar-refractivity contribution in [3.63, 3.8) is 0 Å². The summed E-state index contributed by atoms with van der Waals surface area (Å²) in [6, 6.07) is 4.48. The molecule has 0 spiro atoms. The van der Waals surface area contributed by atoms with Crippen molar-refractivity contribution in [2.75, 3.05) is 0 Å². The average Bonchev–Trinajstić information content (AvgIpc) is 2.75. The van der Waals surface area contributed by atoms with Crippen LogP contribution >= 0.6 is 0 Å². The molecule has 0 amide bonds. The molecule has 0 saturated carbocycles. The summed E-state index contributed by atoms with van der Waals surface area (Å²) >= 11 is 1.27. The van der Waals surface area contributed by atoms with Crippen LogP contribution in [0.25, 0.3) is 0 Å². The number of hydrogen-bond donors (Lipinski definition) is 0. The summed E-state index contributed by atoms with van der Waals surface area (Å²) in [6.45, 7) is 21.7. The Labute approximate surface area is 177 Å². The van der Waals surface area contributed by atoms with Crippen LogP contribution in [0.1, 0.15) is 58.4 Å². The normalized spacial score (nSPS) is 8.83. The van der Waals surface area contributed by atoms with Crippen LogP contribution in [0.15, 0.2) is 12.1 Å². The maximum absolute atomic E-state index is 2.24. The van der Waals surface area contributed by atoms with Gasteiger partial charge in [0, 0.05) is 0 Å². The predicted octanol–water partition coefficient (Wildman–Crippen LogP) is 0.0318. The molecular formula is C21H32Cl2Hf-2. The third kappa shape index (κ3) is 9.49. The molecule has 0 radical (unpaired) electrons. The zero-order chi connectivity index (χ0) is 17.6. The van der Waals surface area contributed by atoms with Crippen molar-refractivity contribution >= 4 is 3.26 Å². The fraction of sp³-hybridized carbons (Fsp3) is 0.476. The Morgan fingerprint density at radius 1 is 0.708 bits per heavy atom. The number of aryl methyl sites for hydroxylation is 4. The molecule has 0 aliphatic rings. The Bertz CT molecular complexity index is 532. The molecule has 0 aliphatic carbocycles. The van der Waals surface area contributed by atoms with Crippen molar-refractivity contribution in [3.05, 3.63) is 56.6 Å². The fourth-order valence-corrected chi connectivity index (χ4v) is 2.27. The minimum absolute atomic E-state index is 0. The molecular weight excluding hydrogens is 502 g/mol. The molecule has 0 aromatic heterocycles. The Morgan fingerprint density at radius 2 is 0.917 bits per heavy atom. The molecule has 0 N–H and O–H groups in total. The van der Waals surface area contributed by atoms with Crippen LogP contribution in [0.5, 0.6) is 0 Å². The van der Waals surface area contributed by atoms with Crippen molar-refractivity contribution < 1.29 is 48.7 Å². The summed E-state index contributed by atoms with van der Waals surface area (Å²) in [5.41, 5.74) is 11.5. The van der Waals surface area contributed by atoms with Crippen LogP contribution in [0.3, 0.4) is 0 Å². The van der Waals surface area contributed by atoms with E-state index in [4.69, 9.17) is 0 Å². The fourth-order valence-electron chi connectivity index (χ4n) is 2.27. The molecule has 0 bridgehead atoms. The maximum atomic E-state index is 2.24.